The number of carbonyl (C=O) groups excluding carboxylic acids is 1. The zero-order valence-electron chi connectivity index (χ0n) is 9.93. The van der Waals surface area contributed by atoms with Gasteiger partial charge in [-0.2, -0.15) is 0 Å². The first kappa shape index (κ1) is 12.0. The van der Waals surface area contributed by atoms with E-state index in [0.29, 0.717) is 11.8 Å². The van der Waals surface area contributed by atoms with Crippen LogP contribution in [-0.2, 0) is 0 Å². The Bertz CT molecular complexity index is 553. The number of rotatable bonds is 3. The van der Waals surface area contributed by atoms with Crippen LogP contribution in [0.1, 0.15) is 10.4 Å². The summed E-state index contributed by atoms with van der Waals surface area (Å²) >= 11 is 0. The lowest BCUT2D eigenvalue weighted by Gasteiger charge is -2.07. The third-order valence-corrected chi connectivity index (χ3v) is 3.74. The van der Waals surface area contributed by atoms with Gasteiger partial charge in [-0.25, -0.2) is 4.39 Å². The predicted molar refractivity (Wildman–Crippen MR) is 64.2 cm³/mol. The molecule has 6 nitrogen and oxygen atoms in total. The maximum Gasteiger partial charge on any atom is 0.273 e. The zero-order valence-corrected chi connectivity index (χ0v) is 9.93. The number of hydrogen-bond acceptors (Lipinski definition) is 4. The molecule has 0 spiro atoms. The fraction of sp³-hybridized carbons (Fsp3) is 0.417. The Morgan fingerprint density at radius 2 is 2.05 bits per heavy atom. The summed E-state index contributed by atoms with van der Waals surface area (Å²) in [6, 6.07) is 3.01. The summed E-state index contributed by atoms with van der Waals surface area (Å²) in [5, 5.41) is 16.6. The number of piperidine rings is 1. The third-order valence-electron chi connectivity index (χ3n) is 3.74. The first-order valence-electron chi connectivity index (χ1n) is 6.03. The molecule has 0 radical (unpaired) electrons. The van der Waals surface area contributed by atoms with Crippen molar-refractivity contribution in [3.05, 3.63) is 39.7 Å². The van der Waals surface area contributed by atoms with E-state index in [1.807, 2.05) is 0 Å². The van der Waals surface area contributed by atoms with Crippen LogP contribution in [0, 0.1) is 27.8 Å². The Morgan fingerprint density at radius 3 is 2.68 bits per heavy atom. The van der Waals surface area contributed by atoms with E-state index in [0.717, 1.165) is 31.3 Å². The van der Waals surface area contributed by atoms with E-state index in [2.05, 4.69) is 10.6 Å². The van der Waals surface area contributed by atoms with Crippen LogP contribution in [0.15, 0.2) is 18.2 Å². The van der Waals surface area contributed by atoms with Gasteiger partial charge in [-0.3, -0.25) is 14.9 Å². The van der Waals surface area contributed by atoms with Crippen molar-refractivity contribution in [1.82, 2.24) is 10.6 Å². The first-order chi connectivity index (χ1) is 9.06. The second-order valence-corrected chi connectivity index (χ2v) is 4.94. The highest BCUT2D eigenvalue weighted by Crippen LogP contribution is 2.41. The Kier molecular flexibility index (Phi) is 2.70. The van der Waals surface area contributed by atoms with Crippen LogP contribution in [0.2, 0.25) is 0 Å². The van der Waals surface area contributed by atoms with Crippen LogP contribution in [0.4, 0.5) is 10.1 Å². The van der Waals surface area contributed by atoms with Crippen molar-refractivity contribution in [3.63, 3.8) is 0 Å². The summed E-state index contributed by atoms with van der Waals surface area (Å²) in [5.74, 6) is -0.362. The molecule has 2 atom stereocenters. The number of hydrogen-bond donors (Lipinski definition) is 2. The number of amides is 1. The van der Waals surface area contributed by atoms with Gasteiger partial charge in [0, 0.05) is 30.8 Å². The smallest absolute Gasteiger partial charge is 0.273 e. The lowest BCUT2D eigenvalue weighted by molar-refractivity contribution is -0.385. The molecular weight excluding hydrogens is 253 g/mol. The summed E-state index contributed by atoms with van der Waals surface area (Å²) in [5.41, 5.74) is -0.424. The van der Waals surface area contributed by atoms with Crippen molar-refractivity contribution in [2.75, 3.05) is 13.1 Å². The summed E-state index contributed by atoms with van der Waals surface area (Å²) in [4.78, 5) is 21.8. The van der Waals surface area contributed by atoms with Crippen molar-refractivity contribution in [2.24, 2.45) is 11.8 Å². The minimum atomic E-state index is -0.781. The van der Waals surface area contributed by atoms with E-state index in [1.54, 1.807) is 0 Å². The largest absolute Gasteiger partial charge is 0.349 e. The molecule has 1 saturated heterocycles. The van der Waals surface area contributed by atoms with Crippen molar-refractivity contribution >= 4 is 11.6 Å². The second kappa shape index (κ2) is 4.27. The molecule has 0 bridgehead atoms. The van der Waals surface area contributed by atoms with Gasteiger partial charge in [0.25, 0.3) is 11.6 Å². The monoisotopic (exact) mass is 265 g/mol. The molecule has 1 heterocycles. The lowest BCUT2D eigenvalue weighted by atomic mass is 10.2. The fourth-order valence-electron chi connectivity index (χ4n) is 2.68. The number of carbonyl (C=O) groups is 1. The molecule has 2 unspecified atom stereocenters. The van der Waals surface area contributed by atoms with Gasteiger partial charge in [0.15, 0.2) is 0 Å². The van der Waals surface area contributed by atoms with Gasteiger partial charge >= 0.3 is 0 Å². The molecule has 1 amide bonds. The maximum atomic E-state index is 13.2. The van der Waals surface area contributed by atoms with Crippen LogP contribution in [0.25, 0.3) is 0 Å². The van der Waals surface area contributed by atoms with Crippen molar-refractivity contribution < 1.29 is 14.1 Å². The van der Waals surface area contributed by atoms with Gasteiger partial charge in [-0.15, -0.1) is 0 Å². The van der Waals surface area contributed by atoms with Crippen molar-refractivity contribution in [3.8, 4) is 0 Å². The molecule has 2 aliphatic rings. The molecular formula is C12H12FN3O3. The Labute approximate surface area is 108 Å². The van der Waals surface area contributed by atoms with E-state index in [4.69, 9.17) is 0 Å². The molecule has 2 N–H and O–H groups in total. The number of non-ortho nitro benzene ring substituents is 1. The first-order valence-corrected chi connectivity index (χ1v) is 6.03. The third kappa shape index (κ3) is 2.17. The van der Waals surface area contributed by atoms with Crippen LogP contribution in [0.3, 0.4) is 0 Å². The van der Waals surface area contributed by atoms with E-state index in [9.17, 15) is 19.3 Å². The minimum absolute atomic E-state index is 0.00960. The maximum absolute atomic E-state index is 13.2. The van der Waals surface area contributed by atoms with Crippen LogP contribution in [0.5, 0.6) is 0 Å². The van der Waals surface area contributed by atoms with Gasteiger partial charge in [0.1, 0.15) is 5.82 Å². The molecule has 1 aliphatic carbocycles. The number of fused-ring (bicyclic) bond motifs is 1. The highest BCUT2D eigenvalue weighted by Gasteiger charge is 2.53. The highest BCUT2D eigenvalue weighted by atomic mass is 19.1. The molecule has 100 valence electrons. The summed E-state index contributed by atoms with van der Waals surface area (Å²) < 4.78 is 13.2. The molecule has 1 saturated carbocycles. The van der Waals surface area contributed by atoms with Crippen LogP contribution in [-0.4, -0.2) is 30.0 Å². The summed E-state index contributed by atoms with van der Waals surface area (Å²) in [6.45, 7) is 1.75. The molecule has 1 aromatic rings. The molecule has 1 aliphatic heterocycles. The zero-order chi connectivity index (χ0) is 13.6. The van der Waals surface area contributed by atoms with Gasteiger partial charge < -0.3 is 10.6 Å². The Hall–Kier alpha value is -2.02. The average molecular weight is 265 g/mol. The van der Waals surface area contributed by atoms with Crippen LogP contribution < -0.4 is 10.6 Å². The van der Waals surface area contributed by atoms with Gasteiger partial charge in [-0.1, -0.05) is 0 Å². The van der Waals surface area contributed by atoms with E-state index in [1.165, 1.54) is 0 Å². The van der Waals surface area contributed by atoms with Gasteiger partial charge in [0.2, 0.25) is 0 Å². The quantitative estimate of drug-likeness (QED) is 0.622. The SMILES string of the molecule is O=C(NC1C2CNCC21)c1cc(F)cc([N+](=O)[O-])c1. The topological polar surface area (TPSA) is 84.3 Å². The predicted octanol–water partition coefficient (Wildman–Crippen LogP) is 0.682. The van der Waals surface area contributed by atoms with E-state index >= 15 is 0 Å². The van der Waals surface area contributed by atoms with E-state index in [-0.39, 0.29) is 11.6 Å². The average Bonchev–Trinajstić information content (AvgIpc) is 2.81. The van der Waals surface area contributed by atoms with Crippen molar-refractivity contribution in [2.45, 2.75) is 6.04 Å². The summed E-state index contributed by atoms with van der Waals surface area (Å²) in [6.07, 6.45) is 0. The number of benzene rings is 1. The minimum Gasteiger partial charge on any atom is -0.349 e. The van der Waals surface area contributed by atoms with Crippen molar-refractivity contribution in [1.29, 1.82) is 0 Å². The Balaban J connectivity index is 1.74. The number of nitro groups is 1. The number of nitro benzene ring substituents is 1. The number of nitrogens with zero attached hydrogens (tertiary/aromatic N) is 1. The molecule has 0 aromatic heterocycles. The van der Waals surface area contributed by atoms with Gasteiger partial charge in [-0.05, 0) is 17.9 Å². The molecule has 2 fully saturated rings. The molecule has 19 heavy (non-hydrogen) atoms. The Morgan fingerprint density at radius 1 is 1.37 bits per heavy atom. The fourth-order valence-corrected chi connectivity index (χ4v) is 2.68. The standard InChI is InChI=1S/C12H12FN3O3/c13-7-1-6(2-8(3-7)16(18)19)12(17)15-11-9-4-14-5-10(9)11/h1-3,9-11,14H,4-5H2,(H,15,17). The van der Waals surface area contributed by atoms with E-state index < -0.39 is 22.3 Å². The molecule has 3 rings (SSSR count). The number of nitrogens with one attached hydrogen (secondary N) is 2. The molecule has 7 heteroatoms. The number of halogens is 1. The molecule has 1 aromatic carbocycles. The second-order valence-electron chi connectivity index (χ2n) is 4.94. The normalized spacial score (nSPS) is 27.7. The summed E-state index contributed by atoms with van der Waals surface area (Å²) in [7, 11) is 0. The van der Waals surface area contributed by atoms with Gasteiger partial charge in [0.05, 0.1) is 11.0 Å². The van der Waals surface area contributed by atoms with Crippen LogP contribution >= 0.6 is 0 Å². The lowest BCUT2D eigenvalue weighted by Crippen LogP contribution is -2.32. The highest BCUT2D eigenvalue weighted by molar-refractivity contribution is 5.95.